The highest BCUT2D eigenvalue weighted by Gasteiger charge is 2.38. The molecule has 55 heavy (non-hydrogen) atoms. The molecule has 0 amide bonds. The number of anilines is 1. The predicted molar refractivity (Wildman–Crippen MR) is 210 cm³/mol. The zero-order valence-corrected chi connectivity index (χ0v) is 33.6. The van der Waals surface area contributed by atoms with Crippen molar-refractivity contribution in [3.05, 3.63) is 16.7 Å². The van der Waals surface area contributed by atoms with E-state index in [1.54, 1.807) is 0 Å². The number of imidazole rings is 1. The Morgan fingerprint density at radius 2 is 1.56 bits per heavy atom. The van der Waals surface area contributed by atoms with Crippen molar-refractivity contribution in [2.45, 2.75) is 180 Å². The summed E-state index contributed by atoms with van der Waals surface area (Å²) in [4.78, 5) is 47.6. The van der Waals surface area contributed by atoms with Gasteiger partial charge in [-0.05, 0) is 31.6 Å². The fraction of sp³-hybridized carbons (Fsp3) is 0.825. The van der Waals surface area contributed by atoms with Gasteiger partial charge in [0, 0.05) is 18.8 Å². The fourth-order valence-electron chi connectivity index (χ4n) is 6.74. The molecule has 1 aliphatic rings. The van der Waals surface area contributed by atoms with Gasteiger partial charge in [0.2, 0.25) is 5.95 Å². The summed E-state index contributed by atoms with van der Waals surface area (Å²) in [5.41, 5.74) is 11.4. The van der Waals surface area contributed by atoms with Crippen molar-refractivity contribution >= 4 is 29.1 Å². The van der Waals surface area contributed by atoms with Gasteiger partial charge in [-0.2, -0.15) is 4.98 Å². The molecule has 3 unspecified atom stereocenters. The Hall–Kier alpha value is -3.14. The summed E-state index contributed by atoms with van der Waals surface area (Å²) in [6, 6.07) is -0.759. The number of nitrogen functional groups attached to an aromatic ring is 1. The molecule has 14 nitrogen and oxygen atoms in total. The number of carbonyl (C=O) groups excluding carboxylic acids is 2. The van der Waals surface area contributed by atoms with Gasteiger partial charge in [0.1, 0.15) is 24.5 Å². The Labute approximate surface area is 326 Å². The zero-order chi connectivity index (χ0) is 40.0. The molecule has 0 bridgehead atoms. The van der Waals surface area contributed by atoms with E-state index in [1.165, 1.54) is 87.9 Å². The van der Waals surface area contributed by atoms with E-state index in [4.69, 9.17) is 30.4 Å². The number of nitrogens with one attached hydrogen (secondary N) is 1. The number of H-pyrrole nitrogens is 1. The second-order valence-electron chi connectivity index (χ2n) is 15.5. The Kier molecular flexibility index (Phi) is 21.8. The predicted octanol–water partition coefficient (Wildman–Crippen LogP) is 6.78. The number of unbranched alkanes of at least 4 members (excludes halogenated alkanes) is 14. The van der Waals surface area contributed by atoms with Crippen molar-refractivity contribution in [3.8, 4) is 0 Å². The fourth-order valence-corrected chi connectivity index (χ4v) is 6.74. The molecule has 15 heteroatoms. The van der Waals surface area contributed by atoms with Crippen LogP contribution in [-0.2, 0) is 28.5 Å². The lowest BCUT2D eigenvalue weighted by Gasteiger charge is -2.21. The summed E-state index contributed by atoms with van der Waals surface area (Å²) in [6.45, 7) is 5.83. The first-order chi connectivity index (χ1) is 26.5. The van der Waals surface area contributed by atoms with Gasteiger partial charge >= 0.3 is 11.9 Å². The van der Waals surface area contributed by atoms with Gasteiger partial charge in [-0.1, -0.05) is 111 Å². The van der Waals surface area contributed by atoms with E-state index in [0.717, 1.165) is 19.3 Å². The molecule has 314 valence electrons. The first-order valence-corrected chi connectivity index (χ1v) is 20.9. The number of carbonyl (C=O) groups is 2. The Morgan fingerprint density at radius 1 is 0.964 bits per heavy atom. The van der Waals surface area contributed by atoms with Crippen molar-refractivity contribution < 1.29 is 38.0 Å². The second-order valence-corrected chi connectivity index (χ2v) is 15.5. The third kappa shape index (κ3) is 17.3. The lowest BCUT2D eigenvalue weighted by molar-refractivity contribution is -0.151. The molecular weight excluding hydrogens is 711 g/mol. The molecule has 1 aliphatic heterocycles. The number of esters is 2. The van der Waals surface area contributed by atoms with Gasteiger partial charge in [0.15, 0.2) is 17.5 Å². The SMILES string of the molecule is CCCCCCCCCCCCCCCCCC(=O)OCC(CCCC(O)OC[C@H]1O[C@@H](n2cnc3c(=O)[nH]c(N)nc32)CC1F)COC(=O)[C@@H](N)C(C)C. The standard InChI is InChI=1S/C40H69FN6O8/c1-4-5-6-7-8-9-10-11-12-13-14-15-16-17-18-21-33(48)52-24-29(25-54-39(51)35(42)28(2)3)20-19-22-34(49)53-26-31-30(41)23-32(55-31)47-27-44-36-37(47)45-40(43)46-38(36)50/h27-32,34-35,49H,4-26,42H2,1-3H3,(H3,43,45,46,50)/t29?,30?,31-,32-,34?,35+/m1/s1. The van der Waals surface area contributed by atoms with Gasteiger partial charge < -0.3 is 35.5 Å². The highest BCUT2D eigenvalue weighted by Crippen LogP contribution is 2.33. The third-order valence-electron chi connectivity index (χ3n) is 10.4. The van der Waals surface area contributed by atoms with Crippen LogP contribution in [0.1, 0.15) is 155 Å². The molecule has 0 aliphatic carbocycles. The van der Waals surface area contributed by atoms with Crippen LogP contribution in [0.25, 0.3) is 11.2 Å². The number of aliphatic hydroxyl groups is 1. The molecular formula is C40H69FN6O8. The molecule has 0 aromatic carbocycles. The summed E-state index contributed by atoms with van der Waals surface area (Å²) in [6.07, 6.45) is 17.3. The lowest BCUT2D eigenvalue weighted by atomic mass is 10.0. The number of alkyl halides is 1. The quantitative estimate of drug-likeness (QED) is 0.0368. The molecule has 2 aromatic rings. The number of aromatic nitrogens is 4. The average molecular weight is 781 g/mol. The lowest BCUT2D eigenvalue weighted by Crippen LogP contribution is -2.38. The minimum Gasteiger partial charge on any atom is -0.465 e. The normalized spacial score (nSPS) is 18.9. The molecule has 0 radical (unpaired) electrons. The summed E-state index contributed by atoms with van der Waals surface area (Å²) in [5, 5.41) is 10.5. The van der Waals surface area contributed by atoms with E-state index >= 15 is 0 Å². The van der Waals surface area contributed by atoms with Crippen LogP contribution in [0, 0.1) is 11.8 Å². The number of nitrogens with two attached hydrogens (primary N) is 2. The van der Waals surface area contributed by atoms with Crippen LogP contribution in [0.2, 0.25) is 0 Å². The van der Waals surface area contributed by atoms with Gasteiger partial charge in [0.25, 0.3) is 5.56 Å². The van der Waals surface area contributed by atoms with Crippen LogP contribution in [0.5, 0.6) is 0 Å². The number of aromatic amines is 1. The van der Waals surface area contributed by atoms with Crippen molar-refractivity contribution in [2.75, 3.05) is 25.6 Å². The van der Waals surface area contributed by atoms with Crippen LogP contribution < -0.4 is 17.0 Å². The monoisotopic (exact) mass is 781 g/mol. The molecule has 3 heterocycles. The summed E-state index contributed by atoms with van der Waals surface area (Å²) in [7, 11) is 0. The molecule has 6 N–H and O–H groups in total. The van der Waals surface area contributed by atoms with Crippen molar-refractivity contribution in [1.82, 2.24) is 19.5 Å². The Bertz CT molecular complexity index is 1440. The first kappa shape index (κ1) is 46.2. The molecule has 2 aromatic heterocycles. The van der Waals surface area contributed by atoms with E-state index < -0.39 is 42.4 Å². The van der Waals surface area contributed by atoms with E-state index in [2.05, 4.69) is 21.9 Å². The minimum absolute atomic E-state index is 0.0248. The number of rotatable bonds is 30. The minimum atomic E-state index is -1.39. The van der Waals surface area contributed by atoms with Crippen molar-refractivity contribution in [1.29, 1.82) is 0 Å². The third-order valence-corrected chi connectivity index (χ3v) is 10.4. The smallest absolute Gasteiger partial charge is 0.323 e. The number of hydrogen-bond acceptors (Lipinski definition) is 12. The van der Waals surface area contributed by atoms with Crippen LogP contribution in [-0.4, -0.2) is 81.0 Å². The highest BCUT2D eigenvalue weighted by atomic mass is 19.1. The van der Waals surface area contributed by atoms with Crippen LogP contribution >= 0.6 is 0 Å². The zero-order valence-electron chi connectivity index (χ0n) is 33.6. The van der Waals surface area contributed by atoms with Gasteiger partial charge in [-0.25, -0.2) is 9.37 Å². The van der Waals surface area contributed by atoms with Crippen molar-refractivity contribution in [3.63, 3.8) is 0 Å². The molecule has 1 saturated heterocycles. The molecule has 6 atom stereocenters. The van der Waals surface area contributed by atoms with Gasteiger partial charge in [-0.3, -0.25) is 23.9 Å². The van der Waals surface area contributed by atoms with Crippen LogP contribution in [0.3, 0.4) is 0 Å². The van der Waals surface area contributed by atoms with E-state index in [9.17, 15) is 23.9 Å². The van der Waals surface area contributed by atoms with Crippen LogP contribution in [0.15, 0.2) is 11.1 Å². The van der Waals surface area contributed by atoms with Crippen LogP contribution in [0.4, 0.5) is 10.3 Å². The first-order valence-electron chi connectivity index (χ1n) is 20.9. The molecule has 3 rings (SSSR count). The van der Waals surface area contributed by atoms with E-state index in [1.807, 2.05) is 13.8 Å². The number of ether oxygens (including phenoxy) is 4. The summed E-state index contributed by atoms with van der Waals surface area (Å²) in [5.74, 6) is -1.27. The number of halogens is 1. The Morgan fingerprint density at radius 3 is 2.18 bits per heavy atom. The number of fused-ring (bicyclic) bond motifs is 1. The number of hydrogen-bond donors (Lipinski definition) is 4. The number of aliphatic hydroxyl groups excluding tert-OH is 1. The van der Waals surface area contributed by atoms with Gasteiger partial charge in [-0.15, -0.1) is 0 Å². The molecule has 0 spiro atoms. The maximum atomic E-state index is 14.9. The van der Waals surface area contributed by atoms with E-state index in [-0.39, 0.29) is 67.6 Å². The van der Waals surface area contributed by atoms with Gasteiger partial charge in [0.05, 0.1) is 26.1 Å². The molecule has 1 fully saturated rings. The molecule has 0 saturated carbocycles. The summed E-state index contributed by atoms with van der Waals surface area (Å²) >= 11 is 0. The second kappa shape index (κ2) is 25.9. The largest absolute Gasteiger partial charge is 0.465 e. The topological polar surface area (TPSA) is 207 Å². The van der Waals surface area contributed by atoms with E-state index in [0.29, 0.717) is 19.3 Å². The van der Waals surface area contributed by atoms with Crippen molar-refractivity contribution in [2.24, 2.45) is 17.6 Å². The maximum Gasteiger partial charge on any atom is 0.323 e. The highest BCUT2D eigenvalue weighted by molar-refractivity contribution is 5.75. The summed E-state index contributed by atoms with van der Waals surface area (Å²) < 4.78 is 38.8. The average Bonchev–Trinajstić information content (AvgIpc) is 3.75. The maximum absolute atomic E-state index is 14.9. The number of nitrogens with zero attached hydrogens (tertiary/aromatic N) is 3. The Balaban J connectivity index is 1.32.